The first kappa shape index (κ1) is 26.9. The van der Waals surface area contributed by atoms with Gasteiger partial charge in [0.15, 0.2) is 0 Å². The fraction of sp³-hybridized carbons (Fsp3) is 0.133. The Labute approximate surface area is 225 Å². The number of rotatable bonds is 10. The van der Waals surface area contributed by atoms with Crippen LogP contribution in [0.1, 0.15) is 33.2 Å². The minimum Gasteiger partial charge on any atom is -0.497 e. The Balaban J connectivity index is 1.44. The maximum Gasteiger partial charge on any atom is 0.343 e. The second kappa shape index (κ2) is 12.9. The molecule has 0 unspecified atom stereocenters. The average Bonchev–Trinajstić information content (AvgIpc) is 2.97. The molecular weight excluding hydrogens is 498 g/mol. The topological polar surface area (TPSA) is 115 Å². The average molecular weight is 526 g/mol. The van der Waals surface area contributed by atoms with Crippen molar-refractivity contribution in [3.8, 4) is 17.2 Å². The Morgan fingerprint density at radius 3 is 2.26 bits per heavy atom. The zero-order valence-corrected chi connectivity index (χ0v) is 21.5. The molecule has 0 aromatic heterocycles. The number of nitrogens with one attached hydrogen (secondary N) is 2. The summed E-state index contributed by atoms with van der Waals surface area (Å²) in [6, 6.07) is 24.2. The van der Waals surface area contributed by atoms with E-state index in [-0.39, 0.29) is 12.3 Å². The zero-order chi connectivity index (χ0) is 27.6. The lowest BCUT2D eigenvalue weighted by Gasteiger charge is -2.11. The van der Waals surface area contributed by atoms with E-state index in [9.17, 15) is 14.4 Å². The summed E-state index contributed by atoms with van der Waals surface area (Å²) in [5.41, 5.74) is 3.65. The smallest absolute Gasteiger partial charge is 0.343 e. The van der Waals surface area contributed by atoms with Gasteiger partial charge in [-0.1, -0.05) is 30.3 Å². The van der Waals surface area contributed by atoms with Gasteiger partial charge in [-0.05, 0) is 72.3 Å². The second-order valence-corrected chi connectivity index (χ2v) is 8.25. The van der Waals surface area contributed by atoms with Crippen LogP contribution in [-0.4, -0.2) is 44.3 Å². The van der Waals surface area contributed by atoms with Gasteiger partial charge in [-0.25, -0.2) is 10.2 Å². The van der Waals surface area contributed by atoms with Crippen molar-refractivity contribution in [2.24, 2.45) is 5.10 Å². The molecule has 2 N–H and O–H groups in total. The number of carbonyl (C=O) groups is 3. The van der Waals surface area contributed by atoms with Crippen LogP contribution >= 0.6 is 0 Å². The highest BCUT2D eigenvalue weighted by Gasteiger charge is 2.14. The first-order chi connectivity index (χ1) is 19.0. The molecule has 0 aliphatic heterocycles. The molecule has 0 bridgehead atoms. The highest BCUT2D eigenvalue weighted by atomic mass is 16.5. The van der Waals surface area contributed by atoms with E-state index in [2.05, 4.69) is 15.8 Å². The normalized spacial score (nSPS) is 10.7. The van der Waals surface area contributed by atoms with Gasteiger partial charge in [0.25, 0.3) is 11.8 Å². The number of methoxy groups -OCH3 is 1. The van der Waals surface area contributed by atoms with Crippen molar-refractivity contribution in [3.63, 3.8) is 0 Å². The van der Waals surface area contributed by atoms with Gasteiger partial charge in [0.2, 0.25) is 0 Å². The summed E-state index contributed by atoms with van der Waals surface area (Å²) in [6.45, 7) is 2.12. The maximum absolute atomic E-state index is 12.8. The van der Waals surface area contributed by atoms with E-state index >= 15 is 0 Å². The summed E-state index contributed by atoms with van der Waals surface area (Å²) in [6.07, 6.45) is 1.41. The highest BCUT2D eigenvalue weighted by Crippen LogP contribution is 2.27. The lowest BCUT2D eigenvalue weighted by atomic mass is 10.0. The second-order valence-electron chi connectivity index (χ2n) is 8.25. The Morgan fingerprint density at radius 2 is 1.54 bits per heavy atom. The van der Waals surface area contributed by atoms with Crippen LogP contribution in [0.2, 0.25) is 0 Å². The van der Waals surface area contributed by atoms with Crippen molar-refractivity contribution >= 4 is 34.8 Å². The number of hydrazone groups is 1. The lowest BCUT2D eigenvalue weighted by Crippen LogP contribution is -2.34. The minimum absolute atomic E-state index is 0.276. The molecule has 0 saturated heterocycles. The molecule has 4 rings (SSSR count). The summed E-state index contributed by atoms with van der Waals surface area (Å²) in [5, 5.41) is 8.25. The molecular formula is C30H27N3O6. The standard InChI is InChI=1S/C30H27N3O6/c1-3-38-24-15-10-22(11-16-24)30(36)39-27-17-12-20-6-4-5-7-25(20)26(27)18-32-33-28(34)19-31-29(35)21-8-13-23(37-2)14-9-21/h4-18H,3,19H2,1-2H3,(H,31,35)(H,33,34)/b32-18-. The largest absolute Gasteiger partial charge is 0.497 e. The quantitative estimate of drug-likeness (QED) is 0.138. The van der Waals surface area contributed by atoms with Crippen molar-refractivity contribution in [1.29, 1.82) is 0 Å². The van der Waals surface area contributed by atoms with Gasteiger partial charge in [0.1, 0.15) is 17.2 Å². The van der Waals surface area contributed by atoms with Crippen LogP contribution in [0.15, 0.2) is 90.0 Å². The number of benzene rings is 4. The molecule has 39 heavy (non-hydrogen) atoms. The monoisotopic (exact) mass is 525 g/mol. The molecule has 4 aromatic carbocycles. The number of carbonyl (C=O) groups excluding carboxylic acids is 3. The summed E-state index contributed by atoms with van der Waals surface area (Å²) in [4.78, 5) is 37.4. The van der Waals surface area contributed by atoms with E-state index in [1.165, 1.54) is 13.3 Å². The molecule has 0 heterocycles. The van der Waals surface area contributed by atoms with Crippen molar-refractivity contribution in [2.75, 3.05) is 20.3 Å². The van der Waals surface area contributed by atoms with Crippen LogP contribution in [0.25, 0.3) is 10.8 Å². The number of nitrogens with zero attached hydrogens (tertiary/aromatic N) is 1. The van der Waals surface area contributed by atoms with Gasteiger partial charge in [-0.3, -0.25) is 9.59 Å². The Morgan fingerprint density at radius 1 is 0.846 bits per heavy atom. The number of esters is 1. The molecule has 0 saturated carbocycles. The maximum atomic E-state index is 12.8. The van der Waals surface area contributed by atoms with Crippen LogP contribution in [0.4, 0.5) is 0 Å². The Kier molecular flexibility index (Phi) is 8.87. The number of ether oxygens (including phenoxy) is 3. The van der Waals surface area contributed by atoms with Gasteiger partial charge >= 0.3 is 5.97 Å². The number of fused-ring (bicyclic) bond motifs is 1. The van der Waals surface area contributed by atoms with Crippen LogP contribution in [0.5, 0.6) is 17.2 Å². The molecule has 9 nitrogen and oxygen atoms in total. The van der Waals surface area contributed by atoms with Gasteiger partial charge in [-0.2, -0.15) is 5.10 Å². The van der Waals surface area contributed by atoms with Crippen molar-refractivity contribution in [3.05, 3.63) is 102 Å². The number of amides is 2. The third kappa shape index (κ3) is 6.98. The van der Waals surface area contributed by atoms with Crippen LogP contribution in [-0.2, 0) is 4.79 Å². The van der Waals surface area contributed by atoms with Gasteiger partial charge < -0.3 is 19.5 Å². The van der Waals surface area contributed by atoms with E-state index in [1.54, 1.807) is 54.6 Å². The summed E-state index contributed by atoms with van der Waals surface area (Å²) in [7, 11) is 1.53. The fourth-order valence-corrected chi connectivity index (χ4v) is 3.72. The molecule has 0 fully saturated rings. The minimum atomic E-state index is -0.548. The van der Waals surface area contributed by atoms with Crippen LogP contribution < -0.4 is 25.0 Å². The third-order valence-electron chi connectivity index (χ3n) is 5.68. The van der Waals surface area contributed by atoms with Crippen molar-refractivity contribution < 1.29 is 28.6 Å². The summed E-state index contributed by atoms with van der Waals surface area (Å²) >= 11 is 0. The molecule has 198 valence electrons. The lowest BCUT2D eigenvalue weighted by molar-refractivity contribution is -0.120. The summed E-state index contributed by atoms with van der Waals surface area (Å²) in [5.74, 6) is 0.0716. The molecule has 0 radical (unpaired) electrons. The van der Waals surface area contributed by atoms with E-state index in [0.29, 0.717) is 34.8 Å². The van der Waals surface area contributed by atoms with Gasteiger partial charge in [0, 0.05) is 11.1 Å². The Bertz CT molecular complexity index is 1500. The Hall–Kier alpha value is -5.18. The molecule has 9 heteroatoms. The molecule has 4 aromatic rings. The highest BCUT2D eigenvalue weighted by molar-refractivity contribution is 6.04. The van der Waals surface area contributed by atoms with E-state index < -0.39 is 17.8 Å². The third-order valence-corrected chi connectivity index (χ3v) is 5.68. The molecule has 0 atom stereocenters. The predicted molar refractivity (Wildman–Crippen MR) is 148 cm³/mol. The molecule has 2 amide bonds. The van der Waals surface area contributed by atoms with E-state index in [0.717, 1.165) is 10.8 Å². The first-order valence-corrected chi connectivity index (χ1v) is 12.2. The zero-order valence-electron chi connectivity index (χ0n) is 21.5. The van der Waals surface area contributed by atoms with Crippen molar-refractivity contribution in [2.45, 2.75) is 6.92 Å². The first-order valence-electron chi connectivity index (χ1n) is 12.2. The van der Waals surface area contributed by atoms with Gasteiger partial charge in [-0.15, -0.1) is 0 Å². The van der Waals surface area contributed by atoms with Crippen LogP contribution in [0.3, 0.4) is 0 Å². The molecule has 0 aliphatic rings. The van der Waals surface area contributed by atoms with Crippen molar-refractivity contribution in [1.82, 2.24) is 10.7 Å². The van der Waals surface area contributed by atoms with E-state index in [1.807, 2.05) is 37.3 Å². The number of hydrogen-bond acceptors (Lipinski definition) is 7. The molecule has 0 spiro atoms. The SMILES string of the molecule is CCOc1ccc(C(=O)Oc2ccc3ccccc3c2/C=N\NC(=O)CNC(=O)c2ccc(OC)cc2)cc1. The summed E-state index contributed by atoms with van der Waals surface area (Å²) < 4.78 is 16.2. The van der Waals surface area contributed by atoms with Gasteiger partial charge in [0.05, 0.1) is 32.0 Å². The van der Waals surface area contributed by atoms with E-state index in [4.69, 9.17) is 14.2 Å². The predicted octanol–water partition coefficient (Wildman–Crippen LogP) is 4.35. The molecule has 0 aliphatic carbocycles. The fourth-order valence-electron chi connectivity index (χ4n) is 3.72. The van der Waals surface area contributed by atoms with Crippen LogP contribution in [0, 0.1) is 0 Å². The number of hydrogen-bond donors (Lipinski definition) is 2.